The Morgan fingerprint density at radius 2 is 2.07 bits per heavy atom. The number of benzene rings is 2. The highest BCUT2D eigenvalue weighted by molar-refractivity contribution is 5.83. The van der Waals surface area contributed by atoms with Crippen LogP contribution in [0.25, 0.3) is 10.8 Å². The van der Waals surface area contributed by atoms with Gasteiger partial charge in [-0.2, -0.15) is 0 Å². The lowest BCUT2D eigenvalue weighted by Crippen LogP contribution is -2.46. The van der Waals surface area contributed by atoms with Gasteiger partial charge in [-0.25, -0.2) is 0 Å². The van der Waals surface area contributed by atoms with Gasteiger partial charge >= 0.3 is 0 Å². The predicted octanol–water partition coefficient (Wildman–Crippen LogP) is 3.45. The van der Waals surface area contributed by atoms with E-state index >= 15 is 0 Å². The van der Waals surface area contributed by atoms with Gasteiger partial charge in [-0.3, -0.25) is 9.59 Å². The van der Waals surface area contributed by atoms with Crippen LogP contribution in [0.1, 0.15) is 44.1 Å². The van der Waals surface area contributed by atoms with E-state index in [9.17, 15) is 9.59 Å². The topological polar surface area (TPSA) is 58.6 Å². The van der Waals surface area contributed by atoms with Crippen molar-refractivity contribution in [3.63, 3.8) is 0 Å². The number of amides is 2. The van der Waals surface area contributed by atoms with Crippen LogP contribution in [0, 0.1) is 0 Å². The highest BCUT2D eigenvalue weighted by atomic mass is 16.5. The number of nitrogens with one attached hydrogen (secondary N) is 1. The van der Waals surface area contributed by atoms with Gasteiger partial charge in [0.25, 0.3) is 0 Å². The van der Waals surface area contributed by atoms with Crippen LogP contribution in [0.5, 0.6) is 0 Å². The molecule has 0 bridgehead atoms. The summed E-state index contributed by atoms with van der Waals surface area (Å²) >= 11 is 0. The van der Waals surface area contributed by atoms with Crippen LogP contribution in [0.2, 0.25) is 0 Å². The third kappa shape index (κ3) is 4.61. The Balaban J connectivity index is 1.45. The van der Waals surface area contributed by atoms with E-state index in [1.807, 2.05) is 17.0 Å². The molecule has 2 aromatic carbocycles. The monoisotopic (exact) mass is 394 g/mol. The number of fused-ring (bicyclic) bond motifs is 1. The maximum absolute atomic E-state index is 12.8. The number of methoxy groups -OCH3 is 1. The summed E-state index contributed by atoms with van der Waals surface area (Å²) in [6.07, 6.45) is 5.38. The number of likely N-dealkylation sites (tertiary alicyclic amines) is 1. The van der Waals surface area contributed by atoms with E-state index in [1.54, 1.807) is 7.11 Å². The SMILES string of the molecule is CO[C@@H]1CCCN(C(=O)CC[C@@]2(Cc3ccc4ccccc4c3)CCC(=O)N2)C1. The highest BCUT2D eigenvalue weighted by Crippen LogP contribution is 2.31. The van der Waals surface area contributed by atoms with Gasteiger partial charge in [-0.15, -0.1) is 0 Å². The van der Waals surface area contributed by atoms with Crippen molar-refractivity contribution < 1.29 is 14.3 Å². The summed E-state index contributed by atoms with van der Waals surface area (Å²) in [6, 6.07) is 14.8. The lowest BCUT2D eigenvalue weighted by Gasteiger charge is -2.34. The third-order valence-corrected chi connectivity index (χ3v) is 6.47. The summed E-state index contributed by atoms with van der Waals surface area (Å²) in [7, 11) is 1.71. The van der Waals surface area contributed by atoms with Crippen LogP contribution in [0.4, 0.5) is 0 Å². The molecule has 29 heavy (non-hydrogen) atoms. The molecule has 2 aromatic rings. The number of carbonyl (C=O) groups excluding carboxylic acids is 2. The summed E-state index contributed by atoms with van der Waals surface area (Å²) < 4.78 is 5.45. The standard InChI is InChI=1S/C24H30N2O3/c1-29-21-7-4-14-26(17-21)23(28)11-13-24(12-10-22(27)25-24)16-18-8-9-19-5-2-3-6-20(19)15-18/h2-3,5-6,8-9,15,21H,4,7,10-14,16-17H2,1H3,(H,25,27)/t21-,24-/m1/s1. The molecule has 2 atom stereocenters. The molecule has 2 heterocycles. The summed E-state index contributed by atoms with van der Waals surface area (Å²) in [4.78, 5) is 26.8. The van der Waals surface area contributed by atoms with E-state index in [1.165, 1.54) is 16.3 Å². The number of carbonyl (C=O) groups is 2. The van der Waals surface area contributed by atoms with Crippen LogP contribution in [0.15, 0.2) is 42.5 Å². The minimum Gasteiger partial charge on any atom is -0.380 e. The maximum atomic E-state index is 12.8. The van der Waals surface area contributed by atoms with E-state index in [2.05, 4.69) is 35.6 Å². The average molecular weight is 395 g/mol. The molecule has 5 nitrogen and oxygen atoms in total. The van der Waals surface area contributed by atoms with Gasteiger partial charge in [-0.1, -0.05) is 42.5 Å². The maximum Gasteiger partial charge on any atom is 0.222 e. The van der Waals surface area contributed by atoms with E-state index in [0.29, 0.717) is 25.8 Å². The lowest BCUT2D eigenvalue weighted by atomic mass is 9.84. The number of ether oxygens (including phenoxy) is 1. The first kappa shape index (κ1) is 19.9. The van der Waals surface area contributed by atoms with Crippen LogP contribution >= 0.6 is 0 Å². The first-order valence-electron chi connectivity index (χ1n) is 10.7. The Labute approximate surface area is 172 Å². The minimum absolute atomic E-state index is 0.0932. The Morgan fingerprint density at radius 3 is 2.83 bits per heavy atom. The molecule has 4 rings (SSSR count). The molecule has 0 aromatic heterocycles. The molecule has 2 aliphatic rings. The normalized spacial score (nSPS) is 24.7. The van der Waals surface area contributed by atoms with Gasteiger partial charge in [0.05, 0.1) is 6.10 Å². The highest BCUT2D eigenvalue weighted by Gasteiger charge is 2.38. The predicted molar refractivity (Wildman–Crippen MR) is 114 cm³/mol. The number of nitrogens with zero attached hydrogens (tertiary/aromatic N) is 1. The molecular weight excluding hydrogens is 364 g/mol. The second-order valence-corrected chi connectivity index (χ2v) is 8.53. The van der Waals surface area contributed by atoms with Crippen molar-refractivity contribution in [2.75, 3.05) is 20.2 Å². The Hall–Kier alpha value is -2.40. The Kier molecular flexibility index (Phi) is 5.86. The van der Waals surface area contributed by atoms with E-state index in [0.717, 1.165) is 32.2 Å². The molecule has 5 heteroatoms. The Bertz CT molecular complexity index is 897. The van der Waals surface area contributed by atoms with Crippen molar-refractivity contribution in [1.82, 2.24) is 10.2 Å². The van der Waals surface area contributed by atoms with Crippen LogP contribution in [-0.2, 0) is 20.7 Å². The summed E-state index contributed by atoms with van der Waals surface area (Å²) in [5.74, 6) is 0.265. The van der Waals surface area contributed by atoms with Gasteiger partial charge in [0.2, 0.25) is 11.8 Å². The number of rotatable bonds is 6. The van der Waals surface area contributed by atoms with Gasteiger partial charge < -0.3 is 15.0 Å². The van der Waals surface area contributed by atoms with Crippen molar-refractivity contribution in [3.05, 3.63) is 48.0 Å². The van der Waals surface area contributed by atoms with Crippen molar-refractivity contribution in [2.45, 2.75) is 56.6 Å². The average Bonchev–Trinajstić information content (AvgIpc) is 3.12. The van der Waals surface area contributed by atoms with E-state index in [4.69, 9.17) is 4.74 Å². The fraction of sp³-hybridized carbons (Fsp3) is 0.500. The smallest absolute Gasteiger partial charge is 0.222 e. The van der Waals surface area contributed by atoms with Crippen molar-refractivity contribution >= 4 is 22.6 Å². The lowest BCUT2D eigenvalue weighted by molar-refractivity contribution is -0.135. The molecule has 2 amide bonds. The molecule has 154 valence electrons. The molecule has 0 saturated carbocycles. The first-order chi connectivity index (χ1) is 14.1. The zero-order valence-corrected chi connectivity index (χ0v) is 17.2. The van der Waals surface area contributed by atoms with Gasteiger partial charge in [0.15, 0.2) is 0 Å². The van der Waals surface area contributed by atoms with Crippen LogP contribution in [-0.4, -0.2) is 48.6 Å². The fourth-order valence-electron chi connectivity index (χ4n) is 4.78. The largest absolute Gasteiger partial charge is 0.380 e. The van der Waals surface area contributed by atoms with E-state index in [-0.39, 0.29) is 23.5 Å². The fourth-order valence-corrected chi connectivity index (χ4v) is 4.78. The van der Waals surface area contributed by atoms with Crippen LogP contribution in [0.3, 0.4) is 0 Å². The summed E-state index contributed by atoms with van der Waals surface area (Å²) in [5.41, 5.74) is 0.877. The van der Waals surface area contributed by atoms with Crippen molar-refractivity contribution in [1.29, 1.82) is 0 Å². The summed E-state index contributed by atoms with van der Waals surface area (Å²) in [5, 5.41) is 5.63. The molecular formula is C24H30N2O3. The number of piperidine rings is 1. The number of hydrogen-bond donors (Lipinski definition) is 1. The van der Waals surface area contributed by atoms with Gasteiger partial charge in [-0.05, 0) is 48.4 Å². The van der Waals surface area contributed by atoms with Crippen LogP contribution < -0.4 is 5.32 Å². The molecule has 0 unspecified atom stereocenters. The third-order valence-electron chi connectivity index (χ3n) is 6.47. The summed E-state index contributed by atoms with van der Waals surface area (Å²) in [6.45, 7) is 1.49. The van der Waals surface area contributed by atoms with E-state index < -0.39 is 0 Å². The molecule has 0 radical (unpaired) electrons. The van der Waals surface area contributed by atoms with Crippen molar-refractivity contribution in [2.24, 2.45) is 0 Å². The molecule has 0 aliphatic carbocycles. The molecule has 1 N–H and O–H groups in total. The number of hydrogen-bond acceptors (Lipinski definition) is 3. The molecule has 2 fully saturated rings. The molecule has 0 spiro atoms. The Morgan fingerprint density at radius 1 is 1.24 bits per heavy atom. The molecule has 2 aliphatic heterocycles. The molecule has 2 saturated heterocycles. The van der Waals surface area contributed by atoms with Gasteiger partial charge in [0.1, 0.15) is 0 Å². The second-order valence-electron chi connectivity index (χ2n) is 8.53. The second kappa shape index (κ2) is 8.54. The first-order valence-corrected chi connectivity index (χ1v) is 10.7. The van der Waals surface area contributed by atoms with Gasteiger partial charge in [0, 0.05) is 38.6 Å². The van der Waals surface area contributed by atoms with Crippen molar-refractivity contribution in [3.8, 4) is 0 Å². The zero-order chi connectivity index (χ0) is 20.3. The minimum atomic E-state index is -0.328. The zero-order valence-electron chi connectivity index (χ0n) is 17.2. The quantitative estimate of drug-likeness (QED) is 0.816.